The van der Waals surface area contributed by atoms with E-state index in [2.05, 4.69) is 13.0 Å². The highest BCUT2D eigenvalue weighted by Gasteiger charge is 2.54. The van der Waals surface area contributed by atoms with Crippen molar-refractivity contribution in [2.75, 3.05) is 0 Å². The fraction of sp³-hybridized carbons (Fsp3) is 0.667. The number of fused-ring (bicyclic) bond motifs is 5. The largest absolute Gasteiger partial charge is 0.508 e. The number of aliphatic hydroxyl groups is 1. The number of phenolic OH excluding ortho intramolecular Hbond substituents is 1. The van der Waals surface area contributed by atoms with Crippen LogP contribution in [0.1, 0.15) is 68.1 Å². The fourth-order valence-corrected chi connectivity index (χ4v) is 6.07. The Labute approximate surface area is 148 Å². The molecule has 136 valence electrons. The molecule has 0 aliphatic heterocycles. The smallest absolute Gasteiger partial charge is 0.303 e. The van der Waals surface area contributed by atoms with E-state index >= 15 is 0 Å². The molecule has 4 heteroatoms. The topological polar surface area (TPSA) is 77.8 Å². The van der Waals surface area contributed by atoms with Gasteiger partial charge in [-0.15, -0.1) is 0 Å². The van der Waals surface area contributed by atoms with Crippen molar-refractivity contribution in [2.45, 2.75) is 70.3 Å². The molecule has 3 N–H and O–H groups in total. The quantitative estimate of drug-likeness (QED) is 0.782. The second-order valence-electron chi connectivity index (χ2n) is 8.63. The lowest BCUT2D eigenvalue weighted by atomic mass is 9.55. The molecule has 0 radical (unpaired) electrons. The number of benzene rings is 1. The summed E-state index contributed by atoms with van der Waals surface area (Å²) in [6.07, 6.45) is 6.58. The number of hydrogen-bond donors (Lipinski definition) is 3. The zero-order valence-electron chi connectivity index (χ0n) is 14.9. The molecule has 0 unspecified atom stereocenters. The summed E-state index contributed by atoms with van der Waals surface area (Å²) in [5.74, 6) is 1.11. The van der Waals surface area contributed by atoms with Crippen LogP contribution in [-0.2, 0) is 17.6 Å². The molecule has 4 rings (SSSR count). The number of rotatable bonds is 3. The number of carboxylic acids is 1. The standard InChI is InChI=1S/C21H28O4/c1-21-9-8-14-15(17(21)5-6-19(21)23)4-2-12-11-18(22)13(10-16(12)14)3-7-20(24)25/h10-11,14-15,17,19,22-23H,2-9H2,1H3,(H,24,25)/t14-,15+,17-,19+,21-/m0/s1. The minimum Gasteiger partial charge on any atom is -0.508 e. The van der Waals surface area contributed by atoms with E-state index in [9.17, 15) is 15.0 Å². The van der Waals surface area contributed by atoms with Gasteiger partial charge >= 0.3 is 5.97 Å². The summed E-state index contributed by atoms with van der Waals surface area (Å²) in [7, 11) is 0. The van der Waals surface area contributed by atoms with Gasteiger partial charge in [-0.3, -0.25) is 4.79 Å². The molecule has 4 nitrogen and oxygen atoms in total. The Balaban J connectivity index is 1.65. The highest BCUT2D eigenvalue weighted by atomic mass is 16.4. The maximum atomic E-state index is 10.9. The molecule has 0 heterocycles. The summed E-state index contributed by atoms with van der Waals surface area (Å²) >= 11 is 0. The van der Waals surface area contributed by atoms with E-state index in [0.717, 1.165) is 44.1 Å². The SMILES string of the molecule is C[C@]12CC[C@@H]3c4cc(CCC(=O)O)c(O)cc4CC[C@H]3[C@@H]1CC[C@H]2O. The van der Waals surface area contributed by atoms with Gasteiger partial charge in [-0.25, -0.2) is 0 Å². The summed E-state index contributed by atoms with van der Waals surface area (Å²) in [6.45, 7) is 2.27. The molecule has 0 amide bonds. The van der Waals surface area contributed by atoms with Crippen molar-refractivity contribution in [1.29, 1.82) is 0 Å². The number of phenols is 1. The van der Waals surface area contributed by atoms with Crippen molar-refractivity contribution < 1.29 is 20.1 Å². The molecule has 0 spiro atoms. The van der Waals surface area contributed by atoms with E-state index in [1.165, 1.54) is 11.1 Å². The van der Waals surface area contributed by atoms with Crippen LogP contribution in [0, 0.1) is 17.3 Å². The number of aliphatic carboxylic acids is 1. The van der Waals surface area contributed by atoms with Gasteiger partial charge in [-0.1, -0.05) is 13.0 Å². The second-order valence-corrected chi connectivity index (χ2v) is 8.63. The molecule has 2 fully saturated rings. The highest BCUT2D eigenvalue weighted by Crippen LogP contribution is 2.61. The Bertz CT molecular complexity index is 697. The van der Waals surface area contributed by atoms with Gasteiger partial charge in [0.25, 0.3) is 0 Å². The van der Waals surface area contributed by atoms with Crippen LogP contribution in [0.3, 0.4) is 0 Å². The van der Waals surface area contributed by atoms with Crippen LogP contribution in [0.25, 0.3) is 0 Å². The number of hydrogen-bond acceptors (Lipinski definition) is 3. The summed E-state index contributed by atoms with van der Waals surface area (Å²) in [4.78, 5) is 10.9. The van der Waals surface area contributed by atoms with Crippen LogP contribution >= 0.6 is 0 Å². The number of aryl methyl sites for hydroxylation is 2. The first-order chi connectivity index (χ1) is 11.9. The lowest BCUT2D eigenvalue weighted by Gasteiger charge is -2.50. The molecular formula is C21H28O4. The van der Waals surface area contributed by atoms with Crippen molar-refractivity contribution in [2.24, 2.45) is 17.3 Å². The molecule has 1 aromatic rings. The number of carbonyl (C=O) groups is 1. The van der Waals surface area contributed by atoms with Gasteiger partial charge in [0.2, 0.25) is 0 Å². The Kier molecular flexibility index (Phi) is 4.06. The molecule has 2 saturated carbocycles. The maximum Gasteiger partial charge on any atom is 0.303 e. The molecule has 3 aliphatic rings. The van der Waals surface area contributed by atoms with Crippen molar-refractivity contribution >= 4 is 5.97 Å². The van der Waals surface area contributed by atoms with Gasteiger partial charge in [0, 0.05) is 6.42 Å². The monoisotopic (exact) mass is 344 g/mol. The average molecular weight is 344 g/mol. The first kappa shape index (κ1) is 16.9. The Morgan fingerprint density at radius 1 is 1.24 bits per heavy atom. The Morgan fingerprint density at radius 3 is 2.80 bits per heavy atom. The second kappa shape index (κ2) is 6.01. The molecule has 0 bridgehead atoms. The third kappa shape index (κ3) is 2.66. The van der Waals surface area contributed by atoms with Gasteiger partial charge in [0.05, 0.1) is 6.10 Å². The zero-order valence-corrected chi connectivity index (χ0v) is 14.9. The summed E-state index contributed by atoms with van der Waals surface area (Å²) in [5, 5.41) is 29.7. The lowest BCUT2D eigenvalue weighted by Crippen LogP contribution is -2.43. The highest BCUT2D eigenvalue weighted by molar-refractivity contribution is 5.67. The van der Waals surface area contributed by atoms with Crippen LogP contribution in [0.4, 0.5) is 0 Å². The van der Waals surface area contributed by atoms with E-state index in [1.54, 1.807) is 0 Å². The fourth-order valence-electron chi connectivity index (χ4n) is 6.07. The molecule has 25 heavy (non-hydrogen) atoms. The van der Waals surface area contributed by atoms with Crippen molar-refractivity contribution in [3.63, 3.8) is 0 Å². The molecule has 1 aromatic carbocycles. The average Bonchev–Trinajstić information content (AvgIpc) is 2.88. The van der Waals surface area contributed by atoms with Crippen molar-refractivity contribution in [3.8, 4) is 5.75 Å². The van der Waals surface area contributed by atoms with Crippen molar-refractivity contribution in [1.82, 2.24) is 0 Å². The molecule has 0 saturated heterocycles. The van der Waals surface area contributed by atoms with Crippen molar-refractivity contribution in [3.05, 3.63) is 28.8 Å². The van der Waals surface area contributed by atoms with Crippen LogP contribution in [0.15, 0.2) is 12.1 Å². The van der Waals surface area contributed by atoms with Gasteiger partial charge in [0.1, 0.15) is 5.75 Å². The molecule has 0 aromatic heterocycles. The van der Waals surface area contributed by atoms with Crippen LogP contribution in [0.5, 0.6) is 5.75 Å². The van der Waals surface area contributed by atoms with Crippen LogP contribution < -0.4 is 0 Å². The van der Waals surface area contributed by atoms with Crippen LogP contribution in [-0.4, -0.2) is 27.4 Å². The molecule has 5 atom stereocenters. The van der Waals surface area contributed by atoms with E-state index in [4.69, 9.17) is 5.11 Å². The number of aromatic hydroxyl groups is 1. The third-order valence-corrected chi connectivity index (χ3v) is 7.48. The lowest BCUT2D eigenvalue weighted by molar-refractivity contribution is -0.136. The molecule has 3 aliphatic carbocycles. The minimum atomic E-state index is -0.830. The predicted molar refractivity (Wildman–Crippen MR) is 94.7 cm³/mol. The van der Waals surface area contributed by atoms with Crippen LogP contribution in [0.2, 0.25) is 0 Å². The Morgan fingerprint density at radius 2 is 2.04 bits per heavy atom. The van der Waals surface area contributed by atoms with E-state index < -0.39 is 5.97 Å². The van der Waals surface area contributed by atoms with E-state index in [1.807, 2.05) is 6.07 Å². The van der Waals surface area contributed by atoms with E-state index in [-0.39, 0.29) is 23.7 Å². The summed E-state index contributed by atoms with van der Waals surface area (Å²) < 4.78 is 0. The number of carboxylic acid groups (broad SMARTS) is 1. The zero-order chi connectivity index (χ0) is 17.8. The maximum absolute atomic E-state index is 10.9. The first-order valence-corrected chi connectivity index (χ1v) is 9.64. The van der Waals surface area contributed by atoms with Gasteiger partial charge in [-0.05, 0) is 90.9 Å². The van der Waals surface area contributed by atoms with Gasteiger partial charge in [-0.2, -0.15) is 0 Å². The summed E-state index contributed by atoms with van der Waals surface area (Å²) in [6, 6.07) is 3.96. The first-order valence-electron chi connectivity index (χ1n) is 9.64. The normalized spacial score (nSPS) is 36.4. The van der Waals surface area contributed by atoms with E-state index in [0.29, 0.717) is 24.2 Å². The third-order valence-electron chi connectivity index (χ3n) is 7.48. The number of aliphatic hydroxyl groups excluding tert-OH is 1. The predicted octanol–water partition coefficient (Wildman–Crippen LogP) is 3.63. The van der Waals surface area contributed by atoms with Gasteiger partial charge in [0.15, 0.2) is 0 Å². The summed E-state index contributed by atoms with van der Waals surface area (Å²) in [5.41, 5.74) is 3.40. The minimum absolute atomic E-state index is 0.0489. The van der Waals surface area contributed by atoms with Gasteiger partial charge < -0.3 is 15.3 Å². The Hall–Kier alpha value is -1.55. The molecular weight excluding hydrogens is 316 g/mol.